The van der Waals surface area contributed by atoms with Gasteiger partial charge in [-0.05, 0) is 37.1 Å². The number of ether oxygens (including phenoxy) is 1. The van der Waals surface area contributed by atoms with Crippen molar-refractivity contribution < 1.29 is 24.0 Å². The molecule has 0 radical (unpaired) electrons. The topological polar surface area (TPSA) is 80.2 Å². The fraction of sp³-hybridized carbons (Fsp3) is 0.625. The number of nitrogens with one attached hydrogen (secondary N) is 2. The minimum absolute atomic E-state index is 0.0693. The summed E-state index contributed by atoms with van der Waals surface area (Å²) in [5, 5.41) is 3.06. The molecule has 1 aromatic carbocycles. The van der Waals surface area contributed by atoms with Crippen molar-refractivity contribution in [3.63, 3.8) is 0 Å². The number of likely N-dealkylation sites (tertiary alicyclic amines) is 2. The van der Waals surface area contributed by atoms with E-state index in [1.807, 2.05) is 12.1 Å². The van der Waals surface area contributed by atoms with Crippen LogP contribution in [0.3, 0.4) is 0 Å². The van der Waals surface area contributed by atoms with Gasteiger partial charge in [-0.2, -0.15) is 0 Å². The third kappa shape index (κ3) is 4.76. The van der Waals surface area contributed by atoms with Gasteiger partial charge in [0.25, 0.3) is 0 Å². The molecule has 3 amide bonds. The first-order valence-corrected chi connectivity index (χ1v) is 11.7. The summed E-state index contributed by atoms with van der Waals surface area (Å²) in [6.07, 6.45) is 6.22. The SMILES string of the molecule is COc1ccc([C@@H](CNC(=O)CCN2C(=O)[C@H]3CCCC[C@@H]3C2=O)[NH+]2CCCC2)cc1. The molecule has 2 N–H and O–H groups in total. The van der Waals surface area contributed by atoms with Crippen molar-refractivity contribution in [3.8, 4) is 5.75 Å². The fourth-order valence-corrected chi connectivity index (χ4v) is 5.48. The summed E-state index contributed by atoms with van der Waals surface area (Å²) in [6, 6.07) is 8.26. The van der Waals surface area contributed by atoms with Gasteiger partial charge >= 0.3 is 0 Å². The molecule has 0 bridgehead atoms. The van der Waals surface area contributed by atoms with E-state index in [0.717, 1.165) is 44.5 Å². The maximum atomic E-state index is 12.6. The van der Waals surface area contributed by atoms with Crippen LogP contribution in [0.15, 0.2) is 24.3 Å². The molecule has 1 aromatic rings. The number of carbonyl (C=O) groups is 3. The normalized spacial score (nSPS) is 24.9. The Morgan fingerprint density at radius 2 is 1.68 bits per heavy atom. The van der Waals surface area contributed by atoms with Crippen molar-refractivity contribution in [3.05, 3.63) is 29.8 Å². The van der Waals surface area contributed by atoms with E-state index in [1.54, 1.807) is 7.11 Å². The number of methoxy groups -OCH3 is 1. The second-order valence-electron chi connectivity index (χ2n) is 9.07. The quantitative estimate of drug-likeness (QED) is 0.608. The van der Waals surface area contributed by atoms with Gasteiger partial charge in [0.15, 0.2) is 0 Å². The second kappa shape index (κ2) is 9.81. The van der Waals surface area contributed by atoms with Crippen molar-refractivity contribution in [2.45, 2.75) is 51.0 Å². The second-order valence-corrected chi connectivity index (χ2v) is 9.07. The summed E-state index contributed by atoms with van der Waals surface area (Å²) in [5.74, 6) is 0.279. The Bertz CT molecular complexity index is 780. The van der Waals surface area contributed by atoms with Gasteiger partial charge in [-0.15, -0.1) is 0 Å². The molecule has 0 spiro atoms. The Morgan fingerprint density at radius 3 is 2.26 bits per heavy atom. The molecule has 7 nitrogen and oxygen atoms in total. The molecule has 4 rings (SSSR count). The highest BCUT2D eigenvalue weighted by molar-refractivity contribution is 6.05. The first kappa shape index (κ1) is 21.8. The molecule has 1 saturated carbocycles. The number of nitrogens with zero attached hydrogens (tertiary/aromatic N) is 1. The van der Waals surface area contributed by atoms with Gasteiger partial charge in [0, 0.05) is 31.4 Å². The van der Waals surface area contributed by atoms with Gasteiger partial charge in [0.2, 0.25) is 17.7 Å². The molecule has 3 aliphatic rings. The maximum absolute atomic E-state index is 12.6. The van der Waals surface area contributed by atoms with E-state index >= 15 is 0 Å². The van der Waals surface area contributed by atoms with Gasteiger partial charge in [-0.1, -0.05) is 12.8 Å². The van der Waals surface area contributed by atoms with Crippen LogP contribution in [0.2, 0.25) is 0 Å². The van der Waals surface area contributed by atoms with E-state index < -0.39 is 0 Å². The van der Waals surface area contributed by atoms with Gasteiger partial charge < -0.3 is 15.0 Å². The van der Waals surface area contributed by atoms with E-state index in [9.17, 15) is 14.4 Å². The summed E-state index contributed by atoms with van der Waals surface area (Å²) in [4.78, 5) is 40.6. The first-order valence-electron chi connectivity index (χ1n) is 11.7. The number of hydrogen-bond donors (Lipinski definition) is 2. The van der Waals surface area contributed by atoms with E-state index in [1.165, 1.54) is 28.2 Å². The zero-order valence-corrected chi connectivity index (χ0v) is 18.4. The third-order valence-corrected chi connectivity index (χ3v) is 7.25. The van der Waals surface area contributed by atoms with Gasteiger partial charge in [-0.25, -0.2) is 0 Å². The Hall–Kier alpha value is -2.41. The largest absolute Gasteiger partial charge is 0.497 e. The molecule has 31 heavy (non-hydrogen) atoms. The molecule has 2 saturated heterocycles. The molecule has 2 aliphatic heterocycles. The van der Waals surface area contributed by atoms with Crippen LogP contribution in [0, 0.1) is 11.8 Å². The van der Waals surface area contributed by atoms with Crippen LogP contribution < -0.4 is 15.0 Å². The lowest BCUT2D eigenvalue weighted by atomic mass is 9.81. The number of rotatable bonds is 8. The number of imide groups is 1. The molecular weight excluding hydrogens is 394 g/mol. The third-order valence-electron chi connectivity index (χ3n) is 7.25. The highest BCUT2D eigenvalue weighted by Crippen LogP contribution is 2.37. The number of benzene rings is 1. The molecule has 0 aromatic heterocycles. The smallest absolute Gasteiger partial charge is 0.233 e. The summed E-state index contributed by atoms with van der Waals surface area (Å²) in [6.45, 7) is 2.95. The van der Waals surface area contributed by atoms with Crippen molar-refractivity contribution in [2.75, 3.05) is 33.3 Å². The zero-order chi connectivity index (χ0) is 21.8. The van der Waals surface area contributed by atoms with Crippen LogP contribution in [-0.2, 0) is 14.4 Å². The van der Waals surface area contributed by atoms with Gasteiger partial charge in [-0.3, -0.25) is 19.3 Å². The molecule has 0 unspecified atom stereocenters. The fourth-order valence-electron chi connectivity index (χ4n) is 5.48. The summed E-state index contributed by atoms with van der Waals surface area (Å²) >= 11 is 0. The predicted octanol–water partition coefficient (Wildman–Crippen LogP) is 1.10. The Labute approximate surface area is 184 Å². The molecular formula is C24H34N3O4+. The highest BCUT2D eigenvalue weighted by atomic mass is 16.5. The molecule has 3 fully saturated rings. The molecule has 2 heterocycles. The summed E-state index contributed by atoms with van der Waals surface area (Å²) < 4.78 is 5.27. The Morgan fingerprint density at radius 1 is 1.06 bits per heavy atom. The van der Waals surface area contributed by atoms with Gasteiger partial charge in [0.05, 0.1) is 38.6 Å². The average Bonchev–Trinajstić information content (AvgIpc) is 3.41. The van der Waals surface area contributed by atoms with Crippen LogP contribution in [0.1, 0.15) is 56.6 Å². The highest BCUT2D eigenvalue weighted by Gasteiger charge is 2.47. The monoisotopic (exact) mass is 428 g/mol. The number of carbonyl (C=O) groups excluding carboxylic acids is 3. The predicted molar refractivity (Wildman–Crippen MR) is 115 cm³/mol. The zero-order valence-electron chi connectivity index (χ0n) is 18.4. The molecule has 168 valence electrons. The van der Waals surface area contributed by atoms with Crippen molar-refractivity contribution in [1.29, 1.82) is 0 Å². The molecule has 3 atom stereocenters. The standard InChI is InChI=1S/C24H33N3O4/c1-31-18-10-8-17(9-11-18)21(26-13-4-5-14-26)16-25-22(28)12-15-27-23(29)19-6-2-3-7-20(19)24(27)30/h8-11,19-21H,2-7,12-16H2,1H3,(H,25,28)/p+1/t19-,20-,21+/m0/s1. The molecule has 1 aliphatic carbocycles. The van der Waals surface area contributed by atoms with Crippen molar-refractivity contribution in [2.24, 2.45) is 11.8 Å². The maximum Gasteiger partial charge on any atom is 0.233 e. The van der Waals surface area contributed by atoms with Crippen LogP contribution >= 0.6 is 0 Å². The first-order chi connectivity index (χ1) is 15.1. The number of fused-ring (bicyclic) bond motifs is 1. The van der Waals surface area contributed by atoms with Crippen LogP contribution in [0.25, 0.3) is 0 Å². The van der Waals surface area contributed by atoms with Gasteiger partial charge in [0.1, 0.15) is 11.8 Å². The Balaban J connectivity index is 1.32. The average molecular weight is 429 g/mol. The van der Waals surface area contributed by atoms with Crippen molar-refractivity contribution >= 4 is 17.7 Å². The Kier molecular flexibility index (Phi) is 6.90. The van der Waals surface area contributed by atoms with Crippen LogP contribution in [0.5, 0.6) is 5.75 Å². The number of quaternary nitrogens is 1. The minimum atomic E-state index is -0.150. The summed E-state index contributed by atoms with van der Waals surface area (Å²) in [7, 11) is 1.66. The molecule has 7 heteroatoms. The van der Waals surface area contributed by atoms with E-state index in [4.69, 9.17) is 4.74 Å². The lowest BCUT2D eigenvalue weighted by molar-refractivity contribution is -0.918. The van der Waals surface area contributed by atoms with Crippen LogP contribution in [-0.4, -0.2) is 55.9 Å². The minimum Gasteiger partial charge on any atom is -0.497 e. The van der Waals surface area contributed by atoms with E-state index in [-0.39, 0.29) is 48.6 Å². The number of amides is 3. The van der Waals surface area contributed by atoms with E-state index in [2.05, 4.69) is 17.4 Å². The van der Waals surface area contributed by atoms with E-state index in [0.29, 0.717) is 6.54 Å². The lowest BCUT2D eigenvalue weighted by Crippen LogP contribution is -3.11. The lowest BCUT2D eigenvalue weighted by Gasteiger charge is -2.25. The number of hydrogen-bond acceptors (Lipinski definition) is 4. The summed E-state index contributed by atoms with van der Waals surface area (Å²) in [5.41, 5.74) is 1.19. The van der Waals surface area contributed by atoms with Crippen LogP contribution in [0.4, 0.5) is 0 Å². The van der Waals surface area contributed by atoms with Crippen molar-refractivity contribution in [1.82, 2.24) is 10.2 Å².